The lowest BCUT2D eigenvalue weighted by Gasteiger charge is -2.36. The van der Waals surface area contributed by atoms with E-state index in [0.29, 0.717) is 0 Å². The predicted octanol–water partition coefficient (Wildman–Crippen LogP) is 4.63. The molecule has 0 unspecified atom stereocenters. The molecule has 0 aliphatic rings. The number of rotatable bonds is 6. The summed E-state index contributed by atoms with van der Waals surface area (Å²) in [5, 5.41) is 3.58. The molecular weight excluding hydrogens is 278 g/mol. The highest BCUT2D eigenvalue weighted by atomic mass is 14.9. The molecule has 0 radical (unpaired) electrons. The van der Waals surface area contributed by atoms with Gasteiger partial charge in [0, 0.05) is 6.54 Å². The van der Waals surface area contributed by atoms with E-state index in [1.807, 2.05) is 0 Å². The van der Waals surface area contributed by atoms with Gasteiger partial charge < -0.3 is 5.32 Å². The molecule has 0 saturated carbocycles. The second-order valence-corrected chi connectivity index (χ2v) is 5.78. The zero-order chi connectivity index (χ0) is 16.0. The van der Waals surface area contributed by atoms with Crippen molar-refractivity contribution in [3.05, 3.63) is 108 Å². The van der Waals surface area contributed by atoms with Gasteiger partial charge in [-0.2, -0.15) is 0 Å². The SMILES string of the molecule is CCNCC(c1ccccc1)(c1ccccc1)c1ccccc1. The minimum absolute atomic E-state index is 0.181. The van der Waals surface area contributed by atoms with Crippen molar-refractivity contribution < 1.29 is 0 Å². The lowest BCUT2D eigenvalue weighted by atomic mass is 9.69. The highest BCUT2D eigenvalue weighted by molar-refractivity contribution is 5.50. The molecule has 0 aromatic heterocycles. The van der Waals surface area contributed by atoms with Crippen LogP contribution in [0.4, 0.5) is 0 Å². The predicted molar refractivity (Wildman–Crippen MR) is 97.8 cm³/mol. The van der Waals surface area contributed by atoms with Crippen molar-refractivity contribution in [1.29, 1.82) is 0 Å². The molecule has 3 aromatic rings. The third-order valence-corrected chi connectivity index (χ3v) is 4.44. The van der Waals surface area contributed by atoms with E-state index in [4.69, 9.17) is 0 Å². The van der Waals surface area contributed by atoms with Crippen LogP contribution in [0, 0.1) is 0 Å². The first-order chi connectivity index (χ1) is 11.4. The fourth-order valence-corrected chi connectivity index (χ4v) is 3.29. The van der Waals surface area contributed by atoms with Crippen LogP contribution in [0.25, 0.3) is 0 Å². The van der Waals surface area contributed by atoms with E-state index in [9.17, 15) is 0 Å². The summed E-state index contributed by atoms with van der Waals surface area (Å²) >= 11 is 0. The summed E-state index contributed by atoms with van der Waals surface area (Å²) < 4.78 is 0. The molecule has 0 aliphatic carbocycles. The largest absolute Gasteiger partial charge is 0.315 e. The molecule has 0 amide bonds. The topological polar surface area (TPSA) is 12.0 Å². The first kappa shape index (κ1) is 15.5. The molecule has 3 rings (SSSR count). The number of hydrogen-bond donors (Lipinski definition) is 1. The highest BCUT2D eigenvalue weighted by Gasteiger charge is 2.35. The summed E-state index contributed by atoms with van der Waals surface area (Å²) in [6, 6.07) is 32.4. The average molecular weight is 301 g/mol. The van der Waals surface area contributed by atoms with Crippen LogP contribution in [0.1, 0.15) is 23.6 Å². The Bertz CT molecular complexity index is 608. The minimum Gasteiger partial charge on any atom is -0.315 e. The number of benzene rings is 3. The standard InChI is InChI=1S/C22H23N/c1-2-23-18-22(19-12-6-3-7-13-19,20-14-8-4-9-15-20)21-16-10-5-11-17-21/h3-17,23H,2,18H2,1H3. The van der Waals surface area contributed by atoms with Crippen LogP contribution in [0.3, 0.4) is 0 Å². The van der Waals surface area contributed by atoms with Crippen molar-refractivity contribution in [2.75, 3.05) is 13.1 Å². The van der Waals surface area contributed by atoms with Gasteiger partial charge in [-0.25, -0.2) is 0 Å². The number of hydrogen-bond acceptors (Lipinski definition) is 1. The van der Waals surface area contributed by atoms with E-state index in [1.54, 1.807) is 0 Å². The van der Waals surface area contributed by atoms with Gasteiger partial charge in [-0.3, -0.25) is 0 Å². The van der Waals surface area contributed by atoms with Crippen molar-refractivity contribution >= 4 is 0 Å². The molecule has 0 aliphatic heterocycles. The molecule has 0 spiro atoms. The molecule has 1 heteroatoms. The van der Waals surface area contributed by atoms with Crippen molar-refractivity contribution in [2.45, 2.75) is 12.3 Å². The Labute approximate surface area is 139 Å². The van der Waals surface area contributed by atoms with E-state index in [1.165, 1.54) is 16.7 Å². The van der Waals surface area contributed by atoms with Gasteiger partial charge in [0.05, 0.1) is 5.41 Å². The second-order valence-electron chi connectivity index (χ2n) is 5.78. The Morgan fingerprint density at radius 3 is 1.26 bits per heavy atom. The zero-order valence-electron chi connectivity index (χ0n) is 13.6. The molecule has 116 valence electrons. The molecule has 1 nitrogen and oxygen atoms in total. The van der Waals surface area contributed by atoms with E-state index in [0.717, 1.165) is 13.1 Å². The quantitative estimate of drug-likeness (QED) is 0.655. The van der Waals surface area contributed by atoms with Gasteiger partial charge in [0.15, 0.2) is 0 Å². The fraction of sp³-hybridized carbons (Fsp3) is 0.182. The third kappa shape index (κ3) is 3.06. The van der Waals surface area contributed by atoms with Gasteiger partial charge >= 0.3 is 0 Å². The molecule has 0 bridgehead atoms. The Kier molecular flexibility index (Phi) is 4.89. The second kappa shape index (κ2) is 7.26. The Morgan fingerprint density at radius 1 is 0.609 bits per heavy atom. The minimum atomic E-state index is -0.181. The number of nitrogens with one attached hydrogen (secondary N) is 1. The van der Waals surface area contributed by atoms with Gasteiger partial charge in [0.25, 0.3) is 0 Å². The zero-order valence-corrected chi connectivity index (χ0v) is 13.6. The smallest absolute Gasteiger partial charge is 0.0575 e. The van der Waals surface area contributed by atoms with E-state index in [2.05, 4.69) is 103 Å². The molecule has 0 saturated heterocycles. The summed E-state index contributed by atoms with van der Waals surface area (Å²) in [6.07, 6.45) is 0. The Balaban J connectivity index is 2.25. The van der Waals surface area contributed by atoms with E-state index >= 15 is 0 Å². The molecule has 0 heterocycles. The first-order valence-corrected chi connectivity index (χ1v) is 8.25. The Morgan fingerprint density at radius 2 is 0.957 bits per heavy atom. The van der Waals surface area contributed by atoms with E-state index in [-0.39, 0.29) is 5.41 Å². The van der Waals surface area contributed by atoms with Crippen LogP contribution in [0.5, 0.6) is 0 Å². The fourth-order valence-electron chi connectivity index (χ4n) is 3.29. The summed E-state index contributed by atoms with van der Waals surface area (Å²) in [6.45, 7) is 3.99. The highest BCUT2D eigenvalue weighted by Crippen LogP contribution is 2.38. The van der Waals surface area contributed by atoms with Crippen LogP contribution in [0.2, 0.25) is 0 Å². The maximum Gasteiger partial charge on any atom is 0.0575 e. The summed E-state index contributed by atoms with van der Waals surface area (Å²) in [4.78, 5) is 0. The van der Waals surface area contributed by atoms with E-state index < -0.39 is 0 Å². The molecule has 3 aromatic carbocycles. The summed E-state index contributed by atoms with van der Waals surface area (Å²) in [5.74, 6) is 0. The van der Waals surface area contributed by atoms with Gasteiger partial charge in [-0.15, -0.1) is 0 Å². The van der Waals surface area contributed by atoms with Crippen molar-refractivity contribution in [2.24, 2.45) is 0 Å². The normalized spacial score (nSPS) is 11.3. The van der Waals surface area contributed by atoms with Crippen molar-refractivity contribution in [3.8, 4) is 0 Å². The van der Waals surface area contributed by atoms with Crippen LogP contribution in [-0.4, -0.2) is 13.1 Å². The maximum absolute atomic E-state index is 3.58. The lowest BCUT2D eigenvalue weighted by molar-refractivity contribution is 0.545. The summed E-state index contributed by atoms with van der Waals surface area (Å²) in [7, 11) is 0. The van der Waals surface area contributed by atoms with Crippen LogP contribution >= 0.6 is 0 Å². The average Bonchev–Trinajstić information content (AvgIpc) is 2.65. The Hall–Kier alpha value is -2.38. The number of likely N-dealkylation sites (N-methyl/N-ethyl adjacent to an activating group) is 1. The van der Waals surface area contributed by atoms with Crippen molar-refractivity contribution in [3.63, 3.8) is 0 Å². The molecule has 0 fully saturated rings. The van der Waals surface area contributed by atoms with Crippen LogP contribution < -0.4 is 5.32 Å². The summed E-state index contributed by atoms with van der Waals surface area (Å²) in [5.41, 5.74) is 3.77. The van der Waals surface area contributed by atoms with Gasteiger partial charge in [-0.05, 0) is 23.2 Å². The molecular formula is C22H23N. The van der Waals surface area contributed by atoms with Gasteiger partial charge in [0.1, 0.15) is 0 Å². The monoisotopic (exact) mass is 301 g/mol. The van der Waals surface area contributed by atoms with Crippen LogP contribution in [-0.2, 0) is 5.41 Å². The molecule has 23 heavy (non-hydrogen) atoms. The molecule has 1 N–H and O–H groups in total. The maximum atomic E-state index is 3.58. The van der Waals surface area contributed by atoms with Crippen molar-refractivity contribution in [1.82, 2.24) is 5.32 Å². The van der Waals surface area contributed by atoms with Gasteiger partial charge in [-0.1, -0.05) is 97.9 Å². The van der Waals surface area contributed by atoms with Crippen LogP contribution in [0.15, 0.2) is 91.0 Å². The molecule has 0 atom stereocenters. The lowest BCUT2D eigenvalue weighted by Crippen LogP contribution is -2.40. The van der Waals surface area contributed by atoms with Gasteiger partial charge in [0.2, 0.25) is 0 Å². The first-order valence-electron chi connectivity index (χ1n) is 8.25. The third-order valence-electron chi connectivity index (χ3n) is 4.44.